The molecule has 0 amide bonds. The van der Waals surface area contributed by atoms with Gasteiger partial charge in [-0.15, -0.1) is 0 Å². The quantitative estimate of drug-likeness (QED) is 0.878. The molecule has 1 heterocycles. The number of anilines is 1. The molecule has 21 heavy (non-hydrogen) atoms. The summed E-state index contributed by atoms with van der Waals surface area (Å²) in [4.78, 5) is 14.8. The highest BCUT2D eigenvalue weighted by atomic mass is 19.4. The monoisotopic (exact) mass is 297 g/mol. The van der Waals surface area contributed by atoms with Crippen LogP contribution in [0.5, 0.6) is 0 Å². The number of rotatable bonds is 4. The Kier molecular flexibility index (Phi) is 4.06. The topological polar surface area (TPSA) is 68.0 Å². The molecule has 0 saturated carbocycles. The van der Waals surface area contributed by atoms with Gasteiger partial charge in [-0.1, -0.05) is 18.2 Å². The van der Waals surface area contributed by atoms with Crippen LogP contribution in [-0.4, -0.2) is 22.1 Å². The number of aromatic nitrogens is 2. The molecule has 0 spiro atoms. The molecule has 2 rings (SSSR count). The normalized spacial score (nSPS) is 12.3. The molecule has 0 aliphatic carbocycles. The van der Waals surface area contributed by atoms with E-state index >= 15 is 0 Å². The summed E-state index contributed by atoms with van der Waals surface area (Å²) in [6, 6.07) is 8.86. The number of ketones is 1. The highest BCUT2D eigenvalue weighted by Gasteiger charge is 2.36. The lowest BCUT2D eigenvalue weighted by atomic mass is 10.2. The van der Waals surface area contributed by atoms with Gasteiger partial charge in [-0.2, -0.15) is 18.2 Å². The van der Waals surface area contributed by atoms with E-state index in [9.17, 15) is 18.0 Å². The Labute approximate surface area is 117 Å². The minimum absolute atomic E-state index is 0.0300. The van der Waals surface area contributed by atoms with Crippen molar-refractivity contribution in [2.75, 3.05) is 5.32 Å². The average Bonchev–Trinajstić information content (AvgIpc) is 2.87. The Morgan fingerprint density at radius 1 is 1.29 bits per heavy atom. The van der Waals surface area contributed by atoms with Crippen LogP contribution in [0.25, 0.3) is 11.5 Å². The second-order valence-corrected chi connectivity index (χ2v) is 4.10. The molecular formula is C13H10F3N3O2. The van der Waals surface area contributed by atoms with Crippen molar-refractivity contribution in [1.82, 2.24) is 10.1 Å². The van der Waals surface area contributed by atoms with Crippen LogP contribution in [0.3, 0.4) is 0 Å². The zero-order valence-corrected chi connectivity index (χ0v) is 10.8. The number of carbonyl (C=O) groups is 1. The first-order chi connectivity index (χ1) is 9.86. The first kappa shape index (κ1) is 14.8. The minimum atomic E-state index is -4.91. The zero-order valence-electron chi connectivity index (χ0n) is 10.8. The van der Waals surface area contributed by atoms with Crippen LogP contribution < -0.4 is 5.32 Å². The molecule has 5 nitrogen and oxygen atoms in total. The summed E-state index contributed by atoms with van der Waals surface area (Å²) >= 11 is 0. The largest absolute Gasteiger partial charge is 0.454 e. The van der Waals surface area contributed by atoms with Crippen molar-refractivity contribution in [3.05, 3.63) is 42.1 Å². The molecule has 110 valence electrons. The molecule has 1 aromatic heterocycles. The summed E-state index contributed by atoms with van der Waals surface area (Å²) in [5.41, 5.74) is 0.629. The lowest BCUT2D eigenvalue weighted by Crippen LogP contribution is -2.21. The third-order valence-corrected chi connectivity index (χ3v) is 2.38. The number of nitrogens with zero attached hydrogens (tertiary/aromatic N) is 2. The van der Waals surface area contributed by atoms with Crippen LogP contribution in [0.1, 0.15) is 6.92 Å². The second-order valence-electron chi connectivity index (χ2n) is 4.10. The Morgan fingerprint density at radius 3 is 2.57 bits per heavy atom. The van der Waals surface area contributed by atoms with Gasteiger partial charge >= 0.3 is 6.18 Å². The number of hydrogen-bond donors (Lipinski definition) is 1. The maximum absolute atomic E-state index is 12.1. The maximum Gasteiger partial charge on any atom is 0.454 e. The van der Waals surface area contributed by atoms with Crippen molar-refractivity contribution in [2.24, 2.45) is 0 Å². The van der Waals surface area contributed by atoms with Crippen molar-refractivity contribution < 1.29 is 22.5 Å². The van der Waals surface area contributed by atoms with E-state index in [1.807, 2.05) is 6.07 Å². The smallest absolute Gasteiger partial charge is 0.332 e. The van der Waals surface area contributed by atoms with Gasteiger partial charge in [0, 0.05) is 17.3 Å². The van der Waals surface area contributed by atoms with E-state index in [-0.39, 0.29) is 17.5 Å². The third kappa shape index (κ3) is 3.91. The number of nitrogens with one attached hydrogen (secondary N) is 1. The fourth-order valence-electron chi connectivity index (χ4n) is 1.46. The van der Waals surface area contributed by atoms with Crippen molar-refractivity contribution in [3.63, 3.8) is 0 Å². The van der Waals surface area contributed by atoms with Crippen LogP contribution in [0, 0.1) is 0 Å². The van der Waals surface area contributed by atoms with E-state index in [2.05, 4.69) is 15.5 Å². The fourth-order valence-corrected chi connectivity index (χ4v) is 1.46. The van der Waals surface area contributed by atoms with Crippen LogP contribution in [0.2, 0.25) is 0 Å². The Balaban J connectivity index is 2.10. The van der Waals surface area contributed by atoms with E-state index < -0.39 is 12.0 Å². The highest BCUT2D eigenvalue weighted by Crippen LogP contribution is 2.20. The van der Waals surface area contributed by atoms with Crippen LogP contribution >= 0.6 is 0 Å². The van der Waals surface area contributed by atoms with Gasteiger partial charge in [0.1, 0.15) is 0 Å². The molecule has 0 aliphatic heterocycles. The van der Waals surface area contributed by atoms with Crippen LogP contribution in [-0.2, 0) is 4.79 Å². The molecule has 0 bridgehead atoms. The molecule has 1 aromatic carbocycles. The molecule has 0 atom stereocenters. The number of halogens is 3. The van der Waals surface area contributed by atoms with Crippen LogP contribution in [0.4, 0.5) is 19.1 Å². The summed E-state index contributed by atoms with van der Waals surface area (Å²) in [7, 11) is 0. The molecular weight excluding hydrogens is 287 g/mol. The van der Waals surface area contributed by atoms with Gasteiger partial charge in [-0.3, -0.25) is 4.79 Å². The molecule has 0 aliphatic rings. The number of hydrogen-bond acceptors (Lipinski definition) is 5. The maximum atomic E-state index is 12.1. The summed E-state index contributed by atoms with van der Waals surface area (Å²) in [6.45, 7) is 1.29. The Bertz CT molecular complexity index is 663. The number of allylic oxidation sites excluding steroid dienone is 2. The number of alkyl halides is 3. The van der Waals surface area contributed by atoms with E-state index in [4.69, 9.17) is 4.52 Å². The van der Waals surface area contributed by atoms with E-state index in [0.717, 1.165) is 0 Å². The Hall–Kier alpha value is -2.64. The molecule has 8 heteroatoms. The summed E-state index contributed by atoms with van der Waals surface area (Å²) in [5.74, 6) is -1.77. The van der Waals surface area contributed by atoms with Gasteiger partial charge in [-0.05, 0) is 24.2 Å². The molecule has 0 fully saturated rings. The first-order valence-corrected chi connectivity index (χ1v) is 5.82. The van der Waals surface area contributed by atoms with Gasteiger partial charge in [0.05, 0.1) is 0 Å². The SMILES string of the molecule is C/C(=C\C(=O)C(F)(F)F)Nc1noc(-c2ccccc2)n1. The lowest BCUT2D eigenvalue weighted by Gasteiger charge is -2.03. The molecule has 0 radical (unpaired) electrons. The third-order valence-electron chi connectivity index (χ3n) is 2.38. The van der Waals surface area contributed by atoms with Crippen molar-refractivity contribution in [3.8, 4) is 11.5 Å². The average molecular weight is 297 g/mol. The van der Waals surface area contributed by atoms with Crippen molar-refractivity contribution >= 4 is 11.7 Å². The van der Waals surface area contributed by atoms with Crippen molar-refractivity contribution in [2.45, 2.75) is 13.1 Å². The van der Waals surface area contributed by atoms with Gasteiger partial charge in [0.25, 0.3) is 17.6 Å². The van der Waals surface area contributed by atoms with E-state index in [0.29, 0.717) is 11.6 Å². The van der Waals surface area contributed by atoms with Gasteiger partial charge in [-0.25, -0.2) is 0 Å². The second kappa shape index (κ2) is 5.78. The van der Waals surface area contributed by atoms with Gasteiger partial charge in [0.2, 0.25) is 0 Å². The molecule has 2 aromatic rings. The standard InChI is InChI=1S/C13H10F3N3O2/c1-8(7-10(20)13(14,15)16)17-12-18-11(21-19-12)9-5-3-2-4-6-9/h2-7H,1H3,(H,17,19)/b8-7+. The minimum Gasteiger partial charge on any atom is -0.332 e. The van der Waals surface area contributed by atoms with E-state index in [1.165, 1.54) is 6.92 Å². The Morgan fingerprint density at radius 2 is 1.95 bits per heavy atom. The summed E-state index contributed by atoms with van der Waals surface area (Å²) in [6.07, 6.45) is -4.48. The van der Waals surface area contributed by atoms with Crippen LogP contribution in [0.15, 0.2) is 46.6 Å². The number of benzene rings is 1. The lowest BCUT2D eigenvalue weighted by molar-refractivity contribution is -0.165. The molecule has 1 N–H and O–H groups in total. The molecule has 0 unspecified atom stereocenters. The van der Waals surface area contributed by atoms with E-state index in [1.54, 1.807) is 24.3 Å². The zero-order chi connectivity index (χ0) is 15.5. The van der Waals surface area contributed by atoms with Gasteiger partial charge in [0.15, 0.2) is 0 Å². The summed E-state index contributed by atoms with van der Waals surface area (Å²) in [5, 5.41) is 6.03. The summed E-state index contributed by atoms with van der Waals surface area (Å²) < 4.78 is 41.3. The molecule has 0 saturated heterocycles. The first-order valence-electron chi connectivity index (χ1n) is 5.82. The van der Waals surface area contributed by atoms with Gasteiger partial charge < -0.3 is 9.84 Å². The fraction of sp³-hybridized carbons (Fsp3) is 0.154. The predicted molar refractivity (Wildman–Crippen MR) is 68.2 cm³/mol. The highest BCUT2D eigenvalue weighted by molar-refractivity contribution is 5.95. The van der Waals surface area contributed by atoms with Crippen molar-refractivity contribution in [1.29, 1.82) is 0 Å². The number of carbonyl (C=O) groups excluding carboxylic acids is 1. The predicted octanol–water partition coefficient (Wildman–Crippen LogP) is 3.18.